The minimum Gasteiger partial charge on any atom is -0.383 e. The van der Waals surface area contributed by atoms with Gasteiger partial charge in [0.05, 0.1) is 82.1 Å². The van der Waals surface area contributed by atoms with Gasteiger partial charge in [-0.3, -0.25) is 66.5 Å². The zero-order chi connectivity index (χ0) is 88.4. The van der Waals surface area contributed by atoms with Gasteiger partial charge in [0.15, 0.2) is 11.5 Å². The Morgan fingerprint density at radius 1 is 0.393 bits per heavy atom. The smallest absolute Gasteiger partial charge is 0.351 e. The SMILES string of the molecule is COP(O)(=S)OC1C[C@H](n2cnc3c(N)ncnc32)O[C@@H]1COP(O)(=S)OC1C[C@H](n2cc(C)c(=O)[nH]c2=O)O[C@@H]1COP(O)(=S)OC1C[C@H](n2cc(C)c(=O)[nH]c2=O)O[C@@H]1COP(O)(=S)OC1C[C@H](n2cc(C)c(=O)[nH]c2=O)O[C@@H]1COP(O)(=S)OC1C[C@H](n2cc(C)c(N)nc2=O)O[C@@H]1COP(O)(=S)OC1C[C@H](n2cc(C)c(=O)[nH]c2=O)O[C@@H]1C. The van der Waals surface area contributed by atoms with Gasteiger partial charge in [0.2, 0.25) is 0 Å². The van der Waals surface area contributed by atoms with E-state index in [2.05, 4.69) is 39.9 Å². The van der Waals surface area contributed by atoms with Crippen LogP contribution in [0.5, 0.6) is 0 Å². The Bertz CT molecular complexity index is 6040. The molecule has 61 heteroatoms. The average molecular weight is 1950 g/mol. The van der Waals surface area contributed by atoms with E-state index in [9.17, 15) is 72.5 Å². The van der Waals surface area contributed by atoms with E-state index in [1.165, 1.54) is 75.9 Å². The van der Waals surface area contributed by atoms with Gasteiger partial charge in [0, 0.05) is 104 Å². The summed E-state index contributed by atoms with van der Waals surface area (Å²) in [6, 6.07) is 0. The molecule has 670 valence electrons. The zero-order valence-corrected chi connectivity index (χ0v) is 74.9. The number of rotatable bonds is 34. The summed E-state index contributed by atoms with van der Waals surface area (Å²) < 4.78 is 115. The summed E-state index contributed by atoms with van der Waals surface area (Å²) in [6.45, 7) is -21.6. The van der Waals surface area contributed by atoms with Crippen LogP contribution in [0.2, 0.25) is 0 Å². The summed E-state index contributed by atoms with van der Waals surface area (Å²) in [7, 11) is 1.14. The van der Waals surface area contributed by atoms with Gasteiger partial charge in [0.1, 0.15) is 85.5 Å². The van der Waals surface area contributed by atoms with Crippen LogP contribution < -0.4 is 62.2 Å². The van der Waals surface area contributed by atoms with Gasteiger partial charge < -0.3 is 124 Å². The number of aromatic amines is 4. The van der Waals surface area contributed by atoms with Gasteiger partial charge in [-0.15, -0.1) is 0 Å². The van der Waals surface area contributed by atoms with Gasteiger partial charge in [-0.25, -0.2) is 38.9 Å². The summed E-state index contributed by atoms with van der Waals surface area (Å²) in [5, 5.41) is 0. The third-order valence-electron chi connectivity index (χ3n) is 20.1. The van der Waals surface area contributed by atoms with Crippen molar-refractivity contribution in [3.63, 3.8) is 0 Å². The first-order valence-corrected chi connectivity index (χ1v) is 52.1. The van der Waals surface area contributed by atoms with E-state index >= 15 is 0 Å². The number of hydrogen-bond donors (Lipinski definition) is 12. The lowest BCUT2D eigenvalue weighted by Gasteiger charge is -2.28. The molecule has 6 saturated heterocycles. The Hall–Kier alpha value is -5.31. The highest BCUT2D eigenvalue weighted by Crippen LogP contribution is 2.57. The molecule has 12 unspecified atom stereocenters. The topological polar surface area (TPSA) is 637 Å². The van der Waals surface area contributed by atoms with E-state index in [1.807, 2.05) is 0 Å². The van der Waals surface area contributed by atoms with E-state index < -0.39 is 241 Å². The Morgan fingerprint density at radius 3 is 1.00 bits per heavy atom. The molecular weight excluding hydrogens is 1860 g/mol. The van der Waals surface area contributed by atoms with E-state index in [0.29, 0.717) is 5.56 Å². The highest BCUT2D eigenvalue weighted by Gasteiger charge is 2.50. The molecule has 14 N–H and O–H groups in total. The molecule has 0 spiro atoms. The number of hydrogen-bond acceptors (Lipinski definition) is 39. The molecule has 6 aliphatic rings. The second-order valence-corrected chi connectivity index (χ2v) is 45.5. The normalized spacial score (nSPS) is 29.8. The fourth-order valence-electron chi connectivity index (χ4n) is 13.9. The fourth-order valence-corrected chi connectivity index (χ4v) is 22.3. The molecule has 7 aromatic heterocycles. The van der Waals surface area contributed by atoms with Crippen LogP contribution >= 0.6 is 40.3 Å². The third kappa shape index (κ3) is 22.5. The Morgan fingerprint density at radius 2 is 0.672 bits per heavy atom. The molecule has 13 rings (SSSR count). The predicted molar refractivity (Wildman–Crippen MR) is 443 cm³/mol. The standard InChI is InChI=1S/C61H82N16O33P6S6/c1-26-14-72(57(82)67-50(26)62)44-9-34(39(100-44)20-94-112(88,118)105-32-8-43(99-31(32)6)73-15-27(2)53(78)68-58(73)83)107-114(90,120)96-21-41-36(11-46(102-41)75-17-29(4)55(80)70-60(75)85)109-116(92,122)98-23-42-37(12-47(103-42)76-18-30(5)56(81)71-61(76)86)110-115(91,121)97-22-40-35(10-45(101-40)74-16-28(3)54(79)69-59(74)84)108-113(89,119)95-19-38-33(106-111(87,117)93-7)13-48(104-38)77-25-66-49-51(63)64-24-65-52(49)77/h14-18,24-25,31-48H,8-13,19-23H2,1-7H3,(H,87,117)(H,88,118)(H,89,119)(H,90,120)(H,91,121)(H,92,122)(H2,62,67,82)(H2,63,64,65)(H,68,78,83)(H,69,79,84)(H,70,80,85)(H,71,81,86)/t31-,32?,33?,34?,35?,36?,37?,38-,39-,40-,41-,42-,43-,44-,45-,46-,47-,48-,111?,112?,113?,114?,115?,116?/m1/s1. The summed E-state index contributed by atoms with van der Waals surface area (Å²) >= 11 is 32.9. The fraction of sp³-hybridized carbons (Fsp3) is 0.590. The molecule has 0 saturated carbocycles. The molecular formula is C61H82N16O33P6S6. The maximum Gasteiger partial charge on any atom is 0.351 e. The van der Waals surface area contributed by atoms with Crippen molar-refractivity contribution in [2.75, 3.05) is 51.6 Å². The van der Waals surface area contributed by atoms with Crippen molar-refractivity contribution >= 4 is 134 Å². The van der Waals surface area contributed by atoms with Crippen LogP contribution in [-0.2, 0) is 154 Å². The molecule has 6 fully saturated rings. The monoisotopic (exact) mass is 1940 g/mol. The number of nitrogens with zero attached hydrogens (tertiary/aromatic N) is 10. The predicted octanol–water partition coefficient (Wildman–Crippen LogP) is 0.0768. The minimum atomic E-state index is -4.73. The van der Waals surface area contributed by atoms with E-state index in [-0.39, 0.29) is 77.2 Å². The molecule has 0 amide bonds. The number of nitrogens with two attached hydrogens (primary N) is 2. The van der Waals surface area contributed by atoms with Gasteiger partial charge in [-0.05, 0) is 112 Å². The molecule has 7 aromatic rings. The lowest BCUT2D eigenvalue weighted by molar-refractivity contribution is -0.0575. The van der Waals surface area contributed by atoms with Crippen molar-refractivity contribution in [3.05, 3.63) is 165 Å². The van der Waals surface area contributed by atoms with Gasteiger partial charge in [-0.2, -0.15) is 4.98 Å². The van der Waals surface area contributed by atoms with Crippen molar-refractivity contribution in [2.24, 2.45) is 0 Å². The van der Waals surface area contributed by atoms with Crippen molar-refractivity contribution in [2.45, 2.75) is 191 Å². The summed E-state index contributed by atoms with van der Waals surface area (Å²) in [6.07, 6.45) is -15.4. The summed E-state index contributed by atoms with van der Waals surface area (Å²) in [5.41, 5.74) is 5.97. The number of fused-ring (bicyclic) bond motifs is 1. The maximum absolute atomic E-state index is 13.5. The molecule has 24 atom stereocenters. The summed E-state index contributed by atoms with van der Waals surface area (Å²) in [4.78, 5) is 212. The minimum absolute atomic E-state index is 0.0214. The number of ether oxygens (including phenoxy) is 6. The number of nitrogen functional groups attached to an aromatic ring is 2. The lowest BCUT2D eigenvalue weighted by Crippen LogP contribution is -2.33. The second-order valence-electron chi connectivity index (χ2n) is 28.7. The number of imidazole rings is 1. The molecule has 122 heavy (non-hydrogen) atoms. The van der Waals surface area contributed by atoms with Crippen molar-refractivity contribution < 1.29 is 112 Å². The van der Waals surface area contributed by atoms with E-state index in [4.69, 9.17) is 165 Å². The Balaban J connectivity index is 0.700. The van der Waals surface area contributed by atoms with E-state index in [1.54, 1.807) is 13.8 Å². The molecule has 6 aliphatic heterocycles. The first kappa shape index (κ1) is 94.3. The first-order valence-electron chi connectivity index (χ1n) is 36.5. The second kappa shape index (κ2) is 37.8. The highest BCUT2D eigenvalue weighted by atomic mass is 32.5. The third-order valence-corrected chi connectivity index (χ3v) is 29.7. The van der Waals surface area contributed by atoms with Crippen molar-refractivity contribution in [1.82, 2.24) is 67.3 Å². The number of H-pyrrole nitrogens is 4. The van der Waals surface area contributed by atoms with Crippen molar-refractivity contribution in [3.8, 4) is 0 Å². The van der Waals surface area contributed by atoms with Gasteiger partial charge in [0.25, 0.3) is 22.2 Å². The van der Waals surface area contributed by atoms with Crippen LogP contribution in [0.3, 0.4) is 0 Å². The first-order chi connectivity index (χ1) is 57.2. The van der Waals surface area contributed by atoms with Crippen LogP contribution in [0.25, 0.3) is 11.2 Å². The van der Waals surface area contributed by atoms with Crippen LogP contribution in [0.15, 0.2) is 86.8 Å². The average Bonchev–Trinajstić information content (AvgIpc) is 1.63. The molecule has 0 bridgehead atoms. The number of aryl methyl sites for hydroxylation is 5. The number of anilines is 2. The van der Waals surface area contributed by atoms with Crippen LogP contribution in [0.4, 0.5) is 11.6 Å². The summed E-state index contributed by atoms with van der Waals surface area (Å²) in [5.74, 6) is -0.0106. The largest absolute Gasteiger partial charge is 0.383 e. The van der Waals surface area contributed by atoms with Crippen molar-refractivity contribution in [1.29, 1.82) is 0 Å². The van der Waals surface area contributed by atoms with Crippen LogP contribution in [0.1, 0.15) is 111 Å². The molecule has 13 heterocycles. The van der Waals surface area contributed by atoms with Gasteiger partial charge >= 0.3 is 68.8 Å². The Kier molecular flexibility index (Phi) is 29.2. The van der Waals surface area contributed by atoms with Crippen LogP contribution in [-0.4, -0.2) is 210 Å². The highest BCUT2D eigenvalue weighted by molar-refractivity contribution is 8.08. The molecule has 49 nitrogen and oxygen atoms in total. The Labute approximate surface area is 716 Å². The lowest BCUT2D eigenvalue weighted by atomic mass is 10.2. The molecule has 0 aromatic carbocycles. The number of aromatic nitrogens is 14. The zero-order valence-electron chi connectivity index (χ0n) is 64.7. The van der Waals surface area contributed by atoms with Crippen LogP contribution in [0, 0.1) is 34.6 Å². The molecule has 0 aliphatic carbocycles. The maximum atomic E-state index is 13.5. The van der Waals surface area contributed by atoms with Gasteiger partial charge in [-0.1, -0.05) is 0 Å². The molecule has 0 radical (unpaired) electrons. The quantitative estimate of drug-likeness (QED) is 0.0238. The number of nitrogens with one attached hydrogen (secondary N) is 4. The van der Waals surface area contributed by atoms with E-state index in [0.717, 1.165) is 29.9 Å².